The van der Waals surface area contributed by atoms with Gasteiger partial charge in [-0.3, -0.25) is 15.0 Å². The van der Waals surface area contributed by atoms with Gasteiger partial charge in [0.25, 0.3) is 5.69 Å². The fourth-order valence-electron chi connectivity index (χ4n) is 10.5. The van der Waals surface area contributed by atoms with E-state index in [0.717, 1.165) is 66.0 Å². The lowest BCUT2D eigenvalue weighted by molar-refractivity contribution is -0.384. The number of nitrogens with zero attached hydrogens (tertiary/aromatic N) is 3. The maximum Gasteiger partial charge on any atom is 0.410 e. The van der Waals surface area contributed by atoms with Crippen molar-refractivity contribution in [1.29, 1.82) is 0 Å². The molecule has 1 saturated carbocycles. The molecule has 14 nitrogen and oxygen atoms in total. The molecule has 1 amide bonds. The molecular weight excluding hydrogens is 878 g/mol. The minimum absolute atomic E-state index is 0.0148. The molecule has 4 aromatic rings. The second-order valence-electron chi connectivity index (χ2n) is 17.6. The summed E-state index contributed by atoms with van der Waals surface area (Å²) in [6, 6.07) is 24.8. The Kier molecular flexibility index (Phi) is 16.1. The highest BCUT2D eigenvalue weighted by atomic mass is 35.5. The Bertz CT molecular complexity index is 2420. The molecule has 8 rings (SSSR count). The van der Waals surface area contributed by atoms with Crippen molar-refractivity contribution in [3.8, 4) is 17.2 Å². The molecule has 4 aromatic carbocycles. The number of unbranched alkanes of at least 4 members (excludes halogenated alkanes) is 2. The summed E-state index contributed by atoms with van der Waals surface area (Å²) in [4.78, 5) is 34.1. The van der Waals surface area contributed by atoms with Crippen LogP contribution in [-0.2, 0) is 25.6 Å². The van der Waals surface area contributed by atoms with E-state index < -0.39 is 35.1 Å². The number of alkyl halides is 1. The van der Waals surface area contributed by atoms with Crippen molar-refractivity contribution < 1.29 is 48.5 Å². The number of benzene rings is 4. The van der Waals surface area contributed by atoms with Crippen molar-refractivity contribution >= 4 is 39.9 Å². The largest absolute Gasteiger partial charge is 0.459 e. The molecule has 0 spiro atoms. The number of hydrogen-bond donors (Lipinski definition) is 2. The number of rotatable bonds is 21. The van der Waals surface area contributed by atoms with Gasteiger partial charge in [-0.25, -0.2) is 4.79 Å². The molecule has 67 heavy (non-hydrogen) atoms. The lowest BCUT2D eigenvalue weighted by atomic mass is 9.55. The van der Waals surface area contributed by atoms with Gasteiger partial charge in [0.1, 0.15) is 29.9 Å². The molecule has 2 N–H and O–H groups in total. The molecular formula is C52H60ClN3O11. The van der Waals surface area contributed by atoms with Crippen molar-refractivity contribution in [3.05, 3.63) is 130 Å². The number of nitro benzene ring substituents is 1. The van der Waals surface area contributed by atoms with Gasteiger partial charge >= 0.3 is 6.09 Å². The third-order valence-corrected chi connectivity index (χ3v) is 13.6. The Morgan fingerprint density at radius 2 is 1.78 bits per heavy atom. The van der Waals surface area contributed by atoms with Crippen molar-refractivity contribution in [2.45, 2.75) is 94.8 Å². The van der Waals surface area contributed by atoms with Crippen LogP contribution in [0, 0.1) is 27.9 Å². The first-order valence-corrected chi connectivity index (χ1v) is 24.1. The summed E-state index contributed by atoms with van der Waals surface area (Å²) < 4.78 is 32.9. The Balaban J connectivity index is 1.35. The van der Waals surface area contributed by atoms with Crippen LogP contribution in [0.3, 0.4) is 0 Å². The monoisotopic (exact) mass is 937 g/mol. The van der Waals surface area contributed by atoms with Crippen molar-refractivity contribution in [3.63, 3.8) is 0 Å². The lowest BCUT2D eigenvalue weighted by Gasteiger charge is -2.60. The summed E-state index contributed by atoms with van der Waals surface area (Å²) in [6.07, 6.45) is 9.71. The molecule has 0 aromatic heterocycles. The molecule has 4 aliphatic rings. The van der Waals surface area contributed by atoms with Gasteiger partial charge in [0.05, 0.1) is 48.3 Å². The lowest BCUT2D eigenvalue weighted by Crippen LogP contribution is -2.70. The first-order valence-electron chi connectivity index (χ1n) is 23.5. The summed E-state index contributed by atoms with van der Waals surface area (Å²) in [7, 11) is 0. The van der Waals surface area contributed by atoms with Gasteiger partial charge in [-0.05, 0) is 96.5 Å². The van der Waals surface area contributed by atoms with E-state index in [1.165, 1.54) is 12.1 Å². The third kappa shape index (κ3) is 10.6. The van der Waals surface area contributed by atoms with Gasteiger partial charge in [0, 0.05) is 43.6 Å². The standard InChI is InChI=1S/C52H60ClN3O11/c1-2-27-64-52-47(55(51(59)63-29-24-53)34-37-16-11-15-35-13-3-4-19-41(35)37)33-45(54-67-48-21-7-10-28-62-48)43-30-36(14-5-8-25-57)42(20-6-9-26-58)49(50(43)52)44-32-40(22-23-46(44)66-52)65-39-18-12-17-38(31-39)56(60)61/h2-4,11-13,15-19,22-23,30-32,36,42,47-50,57-58H,1,5-10,14,20-21,24-29,33-34H2. The number of aliphatic hydroxyl groups excluding tert-OH is 2. The van der Waals surface area contributed by atoms with Crippen LogP contribution in [0.2, 0.25) is 0 Å². The number of aliphatic hydroxyl groups is 2. The quantitative estimate of drug-likeness (QED) is 0.0268. The maximum absolute atomic E-state index is 14.9. The van der Waals surface area contributed by atoms with E-state index in [9.17, 15) is 25.1 Å². The Labute approximate surface area is 396 Å². The summed E-state index contributed by atoms with van der Waals surface area (Å²) >= 11 is 6.17. The van der Waals surface area contributed by atoms with Crippen LogP contribution in [0.5, 0.6) is 17.2 Å². The Hall–Kier alpha value is -5.51. The first-order chi connectivity index (χ1) is 32.8. The number of amides is 1. The molecule has 1 saturated heterocycles. The highest BCUT2D eigenvalue weighted by molar-refractivity contribution is 6.18. The van der Waals surface area contributed by atoms with Crippen LogP contribution < -0.4 is 9.47 Å². The first kappa shape index (κ1) is 48.0. The molecule has 0 radical (unpaired) electrons. The molecule has 15 heteroatoms. The maximum atomic E-state index is 14.9. The minimum Gasteiger partial charge on any atom is -0.459 e. The fraction of sp³-hybridized carbons (Fsp3) is 0.462. The number of halogens is 1. The van der Waals surface area contributed by atoms with Crippen LogP contribution in [0.15, 0.2) is 114 Å². The number of nitro groups is 1. The molecule has 2 heterocycles. The number of fused-ring (bicyclic) bond motifs is 3. The minimum atomic E-state index is -1.56. The van der Waals surface area contributed by atoms with Crippen molar-refractivity contribution in [2.75, 3.05) is 38.9 Å². The second-order valence-corrected chi connectivity index (χ2v) is 18.0. The number of carbonyl (C=O) groups excluding carboxylic acids is 1. The number of carbonyl (C=O) groups is 1. The zero-order valence-corrected chi connectivity index (χ0v) is 38.5. The number of ether oxygens (including phenoxy) is 5. The van der Waals surface area contributed by atoms with Gasteiger partial charge < -0.3 is 38.7 Å². The van der Waals surface area contributed by atoms with Crippen molar-refractivity contribution in [2.24, 2.45) is 22.9 Å². The average Bonchev–Trinajstić information content (AvgIpc) is 3.35. The van der Waals surface area contributed by atoms with Crippen LogP contribution in [0.1, 0.15) is 81.3 Å². The van der Waals surface area contributed by atoms with Crippen LogP contribution in [-0.4, -0.2) is 88.9 Å². The van der Waals surface area contributed by atoms with E-state index in [1.54, 1.807) is 29.2 Å². The van der Waals surface area contributed by atoms with E-state index in [1.807, 2.05) is 54.6 Å². The zero-order chi connectivity index (χ0) is 46.8. The molecule has 356 valence electrons. The molecule has 2 fully saturated rings. The number of allylic oxidation sites excluding steroid dienone is 1. The number of oxime groups is 1. The number of non-ortho nitro benzene ring substituents is 1. The third-order valence-electron chi connectivity index (χ3n) is 13.5. The van der Waals surface area contributed by atoms with Crippen LogP contribution in [0.4, 0.5) is 10.5 Å². The van der Waals surface area contributed by atoms with Crippen molar-refractivity contribution in [1.82, 2.24) is 4.90 Å². The van der Waals surface area contributed by atoms with Crippen LogP contribution >= 0.6 is 11.6 Å². The average molecular weight is 939 g/mol. The highest BCUT2D eigenvalue weighted by Gasteiger charge is 2.66. The van der Waals surface area contributed by atoms with E-state index in [0.29, 0.717) is 48.8 Å². The van der Waals surface area contributed by atoms with Gasteiger partial charge in [0.15, 0.2) is 0 Å². The summed E-state index contributed by atoms with van der Waals surface area (Å²) in [5.41, 5.74) is 3.11. The normalized spacial score (nSPS) is 24.7. The smallest absolute Gasteiger partial charge is 0.410 e. The summed E-state index contributed by atoms with van der Waals surface area (Å²) in [5.74, 6) is -1.22. The fourth-order valence-corrected chi connectivity index (χ4v) is 10.6. The molecule has 7 unspecified atom stereocenters. The van der Waals surface area contributed by atoms with Gasteiger partial charge in [-0.15, -0.1) is 18.2 Å². The molecule has 2 aliphatic heterocycles. The van der Waals surface area contributed by atoms with Crippen LogP contribution in [0.25, 0.3) is 10.8 Å². The van der Waals surface area contributed by atoms with E-state index in [2.05, 4.69) is 12.7 Å². The van der Waals surface area contributed by atoms with E-state index in [-0.39, 0.29) is 68.7 Å². The van der Waals surface area contributed by atoms with E-state index >= 15 is 0 Å². The Morgan fingerprint density at radius 3 is 2.55 bits per heavy atom. The Morgan fingerprint density at radius 1 is 0.985 bits per heavy atom. The summed E-state index contributed by atoms with van der Waals surface area (Å²) in [6.45, 7) is 4.88. The zero-order valence-electron chi connectivity index (χ0n) is 37.7. The number of hydrogen-bond acceptors (Lipinski definition) is 12. The predicted molar refractivity (Wildman–Crippen MR) is 254 cm³/mol. The SMILES string of the molecule is C=CCOC12Oc3ccc(Oc4cccc([N+](=O)[O-])c4)cc3C3C(CCCCO)C(CCCCO)C=C(C(=NOC4CCCCO4)CC1N(Cc1cccc4ccccc14)C(=O)OCCCl)C32. The molecule has 2 aliphatic carbocycles. The molecule has 0 bridgehead atoms. The molecule has 7 atom stereocenters. The highest BCUT2D eigenvalue weighted by Crippen LogP contribution is 2.62. The predicted octanol–water partition coefficient (Wildman–Crippen LogP) is 10.6. The van der Waals surface area contributed by atoms with Gasteiger partial charge in [-0.2, -0.15) is 0 Å². The van der Waals surface area contributed by atoms with Gasteiger partial charge in [-0.1, -0.05) is 78.7 Å². The summed E-state index contributed by atoms with van der Waals surface area (Å²) in [5, 5.41) is 38.7. The van der Waals surface area contributed by atoms with E-state index in [4.69, 9.17) is 45.3 Å². The van der Waals surface area contributed by atoms with Gasteiger partial charge in [0.2, 0.25) is 12.1 Å². The second kappa shape index (κ2) is 22.5. The topological polar surface area (TPSA) is 172 Å².